The van der Waals surface area contributed by atoms with E-state index in [0.29, 0.717) is 12.5 Å². The van der Waals surface area contributed by atoms with Gasteiger partial charge in [0.1, 0.15) is 11.5 Å². The van der Waals surface area contributed by atoms with Gasteiger partial charge in [0, 0.05) is 0 Å². The predicted octanol–water partition coefficient (Wildman–Crippen LogP) is 3.99. The van der Waals surface area contributed by atoms with Crippen LogP contribution < -0.4 is 15.2 Å². The van der Waals surface area contributed by atoms with Crippen LogP contribution in [-0.2, 0) is 0 Å². The summed E-state index contributed by atoms with van der Waals surface area (Å²) in [4.78, 5) is 0. The summed E-state index contributed by atoms with van der Waals surface area (Å²) in [6.45, 7) is 1.41. The van der Waals surface area contributed by atoms with Gasteiger partial charge in [-0.25, -0.2) is 0 Å². The molecule has 1 atom stereocenters. The van der Waals surface area contributed by atoms with E-state index in [1.165, 1.54) is 5.56 Å². The quantitative estimate of drug-likeness (QED) is 0.712. The summed E-state index contributed by atoms with van der Waals surface area (Å²) in [5.41, 5.74) is 7.19. The standard InChI is InChI=1S/C19H25NO2/c1-21-19-12-7-9-16(14-19)17(15-20)8-5-6-13-22-18-10-3-2-4-11-18/h2-4,7,9-12,14,17H,5-6,8,13,15,20H2,1H3. The Kier molecular flexibility index (Phi) is 6.78. The monoisotopic (exact) mass is 299 g/mol. The summed E-state index contributed by atoms with van der Waals surface area (Å²) in [6, 6.07) is 18.1. The van der Waals surface area contributed by atoms with Gasteiger partial charge in [-0.15, -0.1) is 0 Å². The van der Waals surface area contributed by atoms with E-state index in [9.17, 15) is 0 Å². The van der Waals surface area contributed by atoms with E-state index >= 15 is 0 Å². The Morgan fingerprint density at radius 3 is 2.45 bits per heavy atom. The molecular weight excluding hydrogens is 274 g/mol. The molecule has 3 heteroatoms. The van der Waals surface area contributed by atoms with Crippen LogP contribution in [0.5, 0.6) is 11.5 Å². The zero-order chi connectivity index (χ0) is 15.6. The molecule has 2 N–H and O–H groups in total. The third-order valence-electron chi connectivity index (χ3n) is 3.81. The Hall–Kier alpha value is -2.00. The number of hydrogen-bond donors (Lipinski definition) is 1. The van der Waals surface area contributed by atoms with Gasteiger partial charge in [-0.05, 0) is 61.6 Å². The van der Waals surface area contributed by atoms with E-state index in [-0.39, 0.29) is 0 Å². The van der Waals surface area contributed by atoms with Crippen molar-refractivity contribution in [2.45, 2.75) is 25.2 Å². The van der Waals surface area contributed by atoms with E-state index < -0.39 is 0 Å². The fraction of sp³-hybridized carbons (Fsp3) is 0.368. The SMILES string of the molecule is COc1cccc(C(CN)CCCCOc2ccccc2)c1. The maximum absolute atomic E-state index is 5.93. The number of benzene rings is 2. The molecule has 0 aliphatic carbocycles. The number of hydrogen-bond acceptors (Lipinski definition) is 3. The van der Waals surface area contributed by atoms with E-state index in [1.54, 1.807) is 7.11 Å². The third-order valence-corrected chi connectivity index (χ3v) is 3.81. The lowest BCUT2D eigenvalue weighted by Crippen LogP contribution is -2.13. The summed E-state index contributed by atoms with van der Waals surface area (Å²) in [5.74, 6) is 2.21. The fourth-order valence-corrected chi connectivity index (χ4v) is 2.52. The van der Waals surface area contributed by atoms with Crippen LogP contribution in [-0.4, -0.2) is 20.3 Å². The number of rotatable bonds is 9. The third kappa shape index (κ3) is 5.08. The van der Waals surface area contributed by atoms with Crippen molar-refractivity contribution in [2.75, 3.05) is 20.3 Å². The van der Waals surface area contributed by atoms with Gasteiger partial charge < -0.3 is 15.2 Å². The van der Waals surface area contributed by atoms with E-state index in [2.05, 4.69) is 12.1 Å². The van der Waals surface area contributed by atoms with Crippen molar-refractivity contribution in [2.24, 2.45) is 5.73 Å². The Morgan fingerprint density at radius 1 is 0.955 bits per heavy atom. The number of unbranched alkanes of at least 4 members (excludes halogenated alkanes) is 1. The second-order valence-corrected chi connectivity index (χ2v) is 5.37. The van der Waals surface area contributed by atoms with Crippen LogP contribution >= 0.6 is 0 Å². The molecule has 22 heavy (non-hydrogen) atoms. The second kappa shape index (κ2) is 9.11. The smallest absolute Gasteiger partial charge is 0.119 e. The van der Waals surface area contributed by atoms with Crippen LogP contribution in [0.15, 0.2) is 54.6 Å². The summed E-state index contributed by atoms with van der Waals surface area (Å²) < 4.78 is 11.0. The van der Waals surface area contributed by atoms with Gasteiger partial charge in [-0.1, -0.05) is 30.3 Å². The van der Waals surface area contributed by atoms with Crippen molar-refractivity contribution >= 4 is 0 Å². The molecule has 2 aromatic rings. The van der Waals surface area contributed by atoms with Gasteiger partial charge in [-0.3, -0.25) is 0 Å². The highest BCUT2D eigenvalue weighted by atomic mass is 16.5. The Labute approximate surface area is 133 Å². The van der Waals surface area contributed by atoms with E-state index in [4.69, 9.17) is 15.2 Å². The Bertz CT molecular complexity index is 542. The van der Waals surface area contributed by atoms with Gasteiger partial charge in [0.25, 0.3) is 0 Å². The molecule has 118 valence electrons. The molecule has 0 amide bonds. The van der Waals surface area contributed by atoms with Crippen LogP contribution in [0.1, 0.15) is 30.7 Å². The van der Waals surface area contributed by atoms with Crippen LogP contribution in [0, 0.1) is 0 Å². The fourth-order valence-electron chi connectivity index (χ4n) is 2.52. The Morgan fingerprint density at radius 2 is 1.73 bits per heavy atom. The lowest BCUT2D eigenvalue weighted by Gasteiger charge is -2.16. The number of para-hydroxylation sites is 1. The first-order valence-electron chi connectivity index (χ1n) is 7.85. The van der Waals surface area contributed by atoms with Gasteiger partial charge in [0.15, 0.2) is 0 Å². The first kappa shape index (κ1) is 16.4. The highest BCUT2D eigenvalue weighted by Gasteiger charge is 2.10. The van der Waals surface area contributed by atoms with E-state index in [0.717, 1.165) is 37.4 Å². The minimum absolute atomic E-state index is 0.381. The molecule has 2 aromatic carbocycles. The molecule has 0 spiro atoms. The lowest BCUT2D eigenvalue weighted by atomic mass is 9.93. The van der Waals surface area contributed by atoms with Gasteiger partial charge >= 0.3 is 0 Å². The number of nitrogens with two attached hydrogens (primary N) is 1. The normalized spacial score (nSPS) is 11.9. The van der Waals surface area contributed by atoms with Gasteiger partial charge in [0.2, 0.25) is 0 Å². The summed E-state index contributed by atoms with van der Waals surface area (Å²) in [5, 5.41) is 0. The summed E-state index contributed by atoms with van der Waals surface area (Å²) in [7, 11) is 1.69. The molecule has 0 radical (unpaired) electrons. The van der Waals surface area contributed by atoms with Crippen molar-refractivity contribution < 1.29 is 9.47 Å². The molecular formula is C19H25NO2. The summed E-state index contributed by atoms with van der Waals surface area (Å²) in [6.07, 6.45) is 3.21. The predicted molar refractivity (Wildman–Crippen MR) is 90.6 cm³/mol. The summed E-state index contributed by atoms with van der Waals surface area (Å²) >= 11 is 0. The average molecular weight is 299 g/mol. The van der Waals surface area contributed by atoms with Crippen molar-refractivity contribution in [1.82, 2.24) is 0 Å². The average Bonchev–Trinajstić information content (AvgIpc) is 2.59. The van der Waals surface area contributed by atoms with Crippen LogP contribution in [0.4, 0.5) is 0 Å². The van der Waals surface area contributed by atoms with Crippen LogP contribution in [0.3, 0.4) is 0 Å². The first-order valence-corrected chi connectivity index (χ1v) is 7.85. The van der Waals surface area contributed by atoms with Gasteiger partial charge in [0.05, 0.1) is 13.7 Å². The topological polar surface area (TPSA) is 44.5 Å². The molecule has 0 fully saturated rings. The largest absolute Gasteiger partial charge is 0.497 e. The second-order valence-electron chi connectivity index (χ2n) is 5.37. The minimum atomic E-state index is 0.381. The maximum atomic E-state index is 5.93. The highest BCUT2D eigenvalue weighted by Crippen LogP contribution is 2.24. The zero-order valence-electron chi connectivity index (χ0n) is 13.2. The molecule has 0 saturated heterocycles. The molecule has 0 saturated carbocycles. The van der Waals surface area contributed by atoms with Crippen molar-refractivity contribution in [3.05, 3.63) is 60.2 Å². The van der Waals surface area contributed by atoms with Crippen molar-refractivity contribution in [3.8, 4) is 11.5 Å². The van der Waals surface area contributed by atoms with Gasteiger partial charge in [-0.2, -0.15) is 0 Å². The first-order chi connectivity index (χ1) is 10.8. The van der Waals surface area contributed by atoms with Crippen LogP contribution in [0.25, 0.3) is 0 Å². The molecule has 0 bridgehead atoms. The molecule has 2 rings (SSSR count). The zero-order valence-corrected chi connectivity index (χ0v) is 13.2. The highest BCUT2D eigenvalue weighted by molar-refractivity contribution is 5.31. The molecule has 3 nitrogen and oxygen atoms in total. The maximum Gasteiger partial charge on any atom is 0.119 e. The number of methoxy groups -OCH3 is 1. The van der Waals surface area contributed by atoms with Crippen molar-refractivity contribution in [3.63, 3.8) is 0 Å². The lowest BCUT2D eigenvalue weighted by molar-refractivity contribution is 0.303. The Balaban J connectivity index is 1.74. The minimum Gasteiger partial charge on any atom is -0.497 e. The molecule has 0 aliphatic rings. The van der Waals surface area contributed by atoms with E-state index in [1.807, 2.05) is 42.5 Å². The molecule has 0 heterocycles. The molecule has 1 unspecified atom stereocenters. The molecule has 0 aromatic heterocycles. The molecule has 0 aliphatic heterocycles. The number of ether oxygens (including phenoxy) is 2. The van der Waals surface area contributed by atoms with Crippen LogP contribution in [0.2, 0.25) is 0 Å². The van der Waals surface area contributed by atoms with Crippen molar-refractivity contribution in [1.29, 1.82) is 0 Å².